The highest BCUT2D eigenvalue weighted by molar-refractivity contribution is 9.10. The van der Waals surface area contributed by atoms with Crippen LogP contribution in [-0.2, 0) is 10.0 Å². The molecule has 1 aromatic carbocycles. The number of piperidine rings is 1. The van der Waals surface area contributed by atoms with Crippen molar-refractivity contribution in [3.63, 3.8) is 0 Å². The summed E-state index contributed by atoms with van der Waals surface area (Å²) in [4.78, 5) is 0.347. The lowest BCUT2D eigenvalue weighted by Crippen LogP contribution is -2.51. The summed E-state index contributed by atoms with van der Waals surface area (Å²) in [5.74, 6) is 0. The zero-order valence-corrected chi connectivity index (χ0v) is 14.7. The monoisotopic (exact) mass is 382 g/mol. The van der Waals surface area contributed by atoms with Gasteiger partial charge in [-0.1, -0.05) is 22.0 Å². The van der Waals surface area contributed by atoms with E-state index in [2.05, 4.69) is 26.0 Å². The van der Waals surface area contributed by atoms with Crippen LogP contribution in [0.4, 0.5) is 0 Å². The fraction of sp³-hybridized carbons (Fsp3) is 0.538. The average Bonchev–Trinajstić information content (AvgIpc) is 2.35. The quantitative estimate of drug-likeness (QED) is 0.843. The molecule has 0 aromatic heterocycles. The van der Waals surface area contributed by atoms with Gasteiger partial charge in [-0.2, -0.15) is 0 Å². The van der Waals surface area contributed by atoms with Crippen molar-refractivity contribution in [3.8, 4) is 0 Å². The first kappa shape index (κ1) is 17.9. The number of hydrogen-bond acceptors (Lipinski definition) is 3. The number of benzene rings is 1. The van der Waals surface area contributed by atoms with E-state index in [0.29, 0.717) is 4.90 Å². The van der Waals surface area contributed by atoms with Gasteiger partial charge in [-0.05, 0) is 50.9 Å². The maximum Gasteiger partial charge on any atom is 0.241 e. The minimum atomic E-state index is -3.47. The molecule has 7 heteroatoms. The molecule has 2 atom stereocenters. The van der Waals surface area contributed by atoms with E-state index in [1.165, 1.54) is 0 Å². The van der Waals surface area contributed by atoms with Gasteiger partial charge in [0.25, 0.3) is 0 Å². The Morgan fingerprint density at radius 1 is 1.40 bits per heavy atom. The number of halogens is 2. The Kier molecular flexibility index (Phi) is 6.47. The predicted octanol–water partition coefficient (Wildman–Crippen LogP) is 2.60. The lowest BCUT2D eigenvalue weighted by molar-refractivity contribution is 0.348. The SMILES string of the molecule is Cc1c(Br)cccc1S(=O)(=O)NC1CCCNC1C.Cl. The van der Waals surface area contributed by atoms with Crippen molar-refractivity contribution in [1.82, 2.24) is 10.0 Å². The van der Waals surface area contributed by atoms with Gasteiger partial charge in [0.15, 0.2) is 0 Å². The largest absolute Gasteiger partial charge is 0.313 e. The normalized spacial score (nSPS) is 23.1. The summed E-state index contributed by atoms with van der Waals surface area (Å²) >= 11 is 3.37. The van der Waals surface area contributed by atoms with E-state index in [1.807, 2.05) is 13.0 Å². The third kappa shape index (κ3) is 3.95. The Balaban J connectivity index is 0.00000200. The van der Waals surface area contributed by atoms with Crippen LogP contribution in [0.15, 0.2) is 27.6 Å². The highest BCUT2D eigenvalue weighted by Crippen LogP contribution is 2.24. The molecule has 20 heavy (non-hydrogen) atoms. The first-order valence-electron chi connectivity index (χ1n) is 6.42. The van der Waals surface area contributed by atoms with E-state index >= 15 is 0 Å². The van der Waals surface area contributed by atoms with Gasteiger partial charge in [0.05, 0.1) is 4.90 Å². The molecule has 1 aromatic rings. The van der Waals surface area contributed by atoms with Crippen molar-refractivity contribution in [3.05, 3.63) is 28.2 Å². The Morgan fingerprint density at radius 3 is 2.75 bits per heavy atom. The molecule has 1 fully saturated rings. The van der Waals surface area contributed by atoms with Crippen LogP contribution in [0.1, 0.15) is 25.3 Å². The van der Waals surface area contributed by atoms with Crippen molar-refractivity contribution in [2.75, 3.05) is 6.54 Å². The van der Waals surface area contributed by atoms with Crippen molar-refractivity contribution >= 4 is 38.4 Å². The van der Waals surface area contributed by atoms with E-state index in [4.69, 9.17) is 0 Å². The van der Waals surface area contributed by atoms with Crippen molar-refractivity contribution in [1.29, 1.82) is 0 Å². The van der Waals surface area contributed by atoms with Crippen LogP contribution < -0.4 is 10.0 Å². The van der Waals surface area contributed by atoms with Gasteiger partial charge < -0.3 is 5.32 Å². The lowest BCUT2D eigenvalue weighted by atomic mass is 10.0. The highest BCUT2D eigenvalue weighted by atomic mass is 79.9. The third-order valence-electron chi connectivity index (χ3n) is 3.58. The zero-order chi connectivity index (χ0) is 14.0. The van der Waals surface area contributed by atoms with E-state index in [9.17, 15) is 8.42 Å². The summed E-state index contributed by atoms with van der Waals surface area (Å²) < 4.78 is 28.5. The van der Waals surface area contributed by atoms with Crippen LogP contribution in [0, 0.1) is 6.92 Å². The van der Waals surface area contributed by atoms with Gasteiger partial charge in [0, 0.05) is 16.6 Å². The minimum Gasteiger partial charge on any atom is -0.313 e. The smallest absolute Gasteiger partial charge is 0.241 e. The second kappa shape index (κ2) is 7.22. The van der Waals surface area contributed by atoms with Gasteiger partial charge in [0.1, 0.15) is 0 Å². The maximum atomic E-state index is 12.5. The lowest BCUT2D eigenvalue weighted by Gasteiger charge is -2.30. The summed E-state index contributed by atoms with van der Waals surface area (Å²) in [7, 11) is -3.47. The molecule has 2 N–H and O–H groups in total. The molecule has 1 aliphatic heterocycles. The first-order valence-corrected chi connectivity index (χ1v) is 8.70. The molecule has 1 saturated heterocycles. The van der Waals surface area contributed by atoms with Crippen molar-refractivity contribution in [2.45, 2.75) is 43.7 Å². The van der Waals surface area contributed by atoms with E-state index in [-0.39, 0.29) is 24.5 Å². The summed E-state index contributed by atoms with van der Waals surface area (Å²) in [5.41, 5.74) is 0.742. The number of sulfonamides is 1. The van der Waals surface area contributed by atoms with E-state index in [0.717, 1.165) is 29.4 Å². The molecular formula is C13H20BrClN2O2S. The standard InChI is InChI=1S/C13H19BrN2O2S.ClH/c1-9-11(14)5-3-7-13(9)19(17,18)16-12-6-4-8-15-10(12)2;/h3,5,7,10,12,15-16H,4,6,8H2,1-2H3;1H. The second-order valence-electron chi connectivity index (χ2n) is 4.98. The molecule has 4 nitrogen and oxygen atoms in total. The number of hydrogen-bond donors (Lipinski definition) is 2. The van der Waals surface area contributed by atoms with Crippen LogP contribution in [-0.4, -0.2) is 27.0 Å². The highest BCUT2D eigenvalue weighted by Gasteiger charge is 2.27. The summed E-state index contributed by atoms with van der Waals surface area (Å²) in [6.45, 7) is 4.77. The average molecular weight is 384 g/mol. The molecule has 0 radical (unpaired) electrons. The second-order valence-corrected chi connectivity index (χ2v) is 7.51. The van der Waals surface area contributed by atoms with Crippen molar-refractivity contribution < 1.29 is 8.42 Å². The maximum absolute atomic E-state index is 12.5. The fourth-order valence-corrected chi connectivity index (χ4v) is 4.46. The molecular weight excluding hydrogens is 364 g/mol. The van der Waals surface area contributed by atoms with Crippen molar-refractivity contribution in [2.24, 2.45) is 0 Å². The topological polar surface area (TPSA) is 58.2 Å². The van der Waals surface area contributed by atoms with Gasteiger partial charge in [0.2, 0.25) is 10.0 Å². The van der Waals surface area contributed by atoms with E-state index in [1.54, 1.807) is 19.1 Å². The molecule has 0 saturated carbocycles. The number of nitrogens with one attached hydrogen (secondary N) is 2. The van der Waals surface area contributed by atoms with Gasteiger partial charge in [-0.15, -0.1) is 12.4 Å². The molecule has 2 rings (SSSR count). The molecule has 1 aliphatic rings. The van der Waals surface area contributed by atoms with E-state index < -0.39 is 10.0 Å². The fourth-order valence-electron chi connectivity index (χ4n) is 2.35. The number of rotatable bonds is 3. The third-order valence-corrected chi connectivity index (χ3v) is 6.07. The predicted molar refractivity (Wildman–Crippen MR) is 86.9 cm³/mol. The van der Waals surface area contributed by atoms with Gasteiger partial charge in [-0.3, -0.25) is 0 Å². The Labute approximate surface area is 135 Å². The Hall–Kier alpha value is -0.140. The first-order chi connectivity index (χ1) is 8.92. The molecule has 0 aliphatic carbocycles. The molecule has 2 unspecified atom stereocenters. The molecule has 1 heterocycles. The molecule has 0 spiro atoms. The molecule has 114 valence electrons. The van der Waals surface area contributed by atoms with Crippen LogP contribution >= 0.6 is 28.3 Å². The zero-order valence-electron chi connectivity index (χ0n) is 11.5. The molecule has 0 bridgehead atoms. The van der Waals surface area contributed by atoms with Gasteiger partial charge >= 0.3 is 0 Å². The van der Waals surface area contributed by atoms with Crippen LogP contribution in [0.5, 0.6) is 0 Å². The van der Waals surface area contributed by atoms with Crippen LogP contribution in [0.2, 0.25) is 0 Å². The van der Waals surface area contributed by atoms with Crippen LogP contribution in [0.3, 0.4) is 0 Å². The summed E-state index contributed by atoms with van der Waals surface area (Å²) in [6.07, 6.45) is 1.87. The summed E-state index contributed by atoms with van der Waals surface area (Å²) in [5, 5.41) is 3.30. The van der Waals surface area contributed by atoms with Gasteiger partial charge in [-0.25, -0.2) is 13.1 Å². The Bertz CT molecular complexity index is 565. The summed E-state index contributed by atoms with van der Waals surface area (Å²) in [6, 6.07) is 5.35. The Morgan fingerprint density at radius 2 is 2.10 bits per heavy atom. The minimum absolute atomic E-state index is 0. The molecule has 0 amide bonds. The van der Waals surface area contributed by atoms with Crippen LogP contribution in [0.25, 0.3) is 0 Å².